The van der Waals surface area contributed by atoms with Gasteiger partial charge in [-0.15, -0.1) is 0 Å². The summed E-state index contributed by atoms with van der Waals surface area (Å²) in [6, 6.07) is 7.08. The smallest absolute Gasteiger partial charge is 0.241 e. The molecule has 4 heteroatoms. The Morgan fingerprint density at radius 1 is 1.18 bits per heavy atom. The predicted octanol–water partition coefficient (Wildman–Crippen LogP) is 0.952. The van der Waals surface area contributed by atoms with Crippen molar-refractivity contribution in [2.45, 2.75) is 0 Å². The predicted molar refractivity (Wildman–Crippen MR) is 42.4 cm³/mol. The summed E-state index contributed by atoms with van der Waals surface area (Å²) >= 11 is 0. The maximum Gasteiger partial charge on any atom is 0.241 e. The highest BCUT2D eigenvalue weighted by Gasteiger charge is 2.22. The zero-order valence-corrected chi connectivity index (χ0v) is 6.43. The molecule has 0 aliphatic carbocycles. The molecule has 11 heavy (non-hydrogen) atoms. The minimum Gasteiger partial charge on any atom is -0.283 e. The van der Waals surface area contributed by atoms with E-state index in [1.165, 1.54) is 5.75 Å². The maximum atomic E-state index is 10.9. The van der Waals surface area contributed by atoms with Crippen molar-refractivity contribution in [1.82, 2.24) is 0 Å². The third kappa shape index (κ3) is 1.09. The van der Waals surface area contributed by atoms with Crippen molar-refractivity contribution in [2.24, 2.45) is 0 Å². The lowest BCUT2D eigenvalue weighted by atomic mass is 10.2. The van der Waals surface area contributed by atoms with Gasteiger partial charge in [0.15, 0.2) is 0 Å². The van der Waals surface area contributed by atoms with Crippen LogP contribution in [0.5, 0.6) is 0 Å². The average Bonchev–Trinajstić information content (AvgIpc) is 2.21. The highest BCUT2D eigenvalue weighted by atomic mass is 32.2. The molecule has 1 radical (unpaired) electrons. The van der Waals surface area contributed by atoms with Crippen LogP contribution in [0.15, 0.2) is 24.3 Å². The van der Waals surface area contributed by atoms with E-state index in [0.717, 1.165) is 5.56 Å². The Bertz CT molecular complexity index is 352. The van der Waals surface area contributed by atoms with E-state index in [-0.39, 0.29) is 0 Å². The van der Waals surface area contributed by atoms with Gasteiger partial charge in [0.25, 0.3) is 0 Å². The molecule has 1 heterocycles. The van der Waals surface area contributed by atoms with Gasteiger partial charge in [0.2, 0.25) is 10.0 Å². The molecule has 1 aliphatic heterocycles. The lowest BCUT2D eigenvalue weighted by Gasteiger charge is -1.93. The summed E-state index contributed by atoms with van der Waals surface area (Å²) in [7, 11) is -3.18. The summed E-state index contributed by atoms with van der Waals surface area (Å²) < 4.78 is 24.2. The van der Waals surface area contributed by atoms with Gasteiger partial charge in [0, 0.05) is 0 Å². The molecule has 0 amide bonds. The molecule has 57 valence electrons. The molecule has 3 nitrogen and oxygen atoms in total. The third-order valence-electron chi connectivity index (χ3n) is 1.50. The monoisotopic (exact) mass is 168 g/mol. The average molecular weight is 168 g/mol. The molecule has 1 aliphatic rings. The lowest BCUT2D eigenvalue weighted by molar-refractivity contribution is 0.608. The molecule has 0 spiro atoms. The summed E-state index contributed by atoms with van der Waals surface area (Å²) in [5.41, 5.74) is 1.39. The molecule has 0 unspecified atom stereocenters. The number of anilines is 1. The minimum absolute atomic E-state index is 0.660. The molecule has 0 bridgehead atoms. The molecule has 1 aromatic carbocycles. The van der Waals surface area contributed by atoms with Crippen molar-refractivity contribution >= 4 is 15.7 Å². The van der Waals surface area contributed by atoms with Crippen LogP contribution in [0, 0.1) is 5.75 Å². The van der Waals surface area contributed by atoms with Crippen molar-refractivity contribution in [3.63, 3.8) is 0 Å². The van der Waals surface area contributed by atoms with E-state index in [1.54, 1.807) is 24.3 Å². The van der Waals surface area contributed by atoms with Crippen molar-refractivity contribution in [3.05, 3.63) is 35.6 Å². The van der Waals surface area contributed by atoms with Crippen LogP contribution in [-0.2, 0) is 10.0 Å². The van der Waals surface area contributed by atoms with Crippen LogP contribution in [-0.4, -0.2) is 8.42 Å². The summed E-state index contributed by atoms with van der Waals surface area (Å²) in [5, 5.41) is 0. The van der Waals surface area contributed by atoms with Gasteiger partial charge in [0.1, 0.15) is 5.75 Å². The quantitative estimate of drug-likeness (QED) is 0.627. The molecular weight excluding hydrogens is 162 g/mol. The number of rotatable bonds is 0. The number of fused-ring (bicyclic) bond motifs is 1. The SMILES string of the molecule is O=S1(=O)[CH]c2ccccc2N1. The van der Waals surface area contributed by atoms with Crippen LogP contribution >= 0.6 is 0 Å². The first-order chi connectivity index (χ1) is 5.17. The Morgan fingerprint density at radius 2 is 1.91 bits per heavy atom. The van der Waals surface area contributed by atoms with Gasteiger partial charge in [-0.2, -0.15) is 0 Å². The fraction of sp³-hybridized carbons (Fsp3) is 0. The topological polar surface area (TPSA) is 46.2 Å². The summed E-state index contributed by atoms with van der Waals surface area (Å²) in [6.45, 7) is 0. The summed E-state index contributed by atoms with van der Waals surface area (Å²) in [5.74, 6) is 1.22. The number of hydrogen-bond donors (Lipinski definition) is 1. The first-order valence-electron chi connectivity index (χ1n) is 3.14. The minimum atomic E-state index is -3.18. The van der Waals surface area contributed by atoms with Gasteiger partial charge in [0.05, 0.1) is 5.69 Å². The van der Waals surface area contributed by atoms with E-state index < -0.39 is 10.0 Å². The Hall–Kier alpha value is -1.03. The third-order valence-corrected chi connectivity index (χ3v) is 2.56. The molecule has 0 atom stereocenters. The number of benzene rings is 1. The molecule has 0 saturated heterocycles. The van der Waals surface area contributed by atoms with E-state index in [2.05, 4.69) is 4.72 Å². The van der Waals surface area contributed by atoms with E-state index in [0.29, 0.717) is 5.69 Å². The Kier molecular flexibility index (Phi) is 1.20. The van der Waals surface area contributed by atoms with Crippen LogP contribution in [0.3, 0.4) is 0 Å². The Labute approximate surface area is 65.1 Å². The molecular formula is C7H6NO2S. The number of para-hydroxylation sites is 1. The molecule has 1 aromatic rings. The van der Waals surface area contributed by atoms with Crippen molar-refractivity contribution < 1.29 is 8.42 Å². The second-order valence-corrected chi connectivity index (χ2v) is 3.88. The largest absolute Gasteiger partial charge is 0.283 e. The van der Waals surface area contributed by atoms with E-state index >= 15 is 0 Å². The Balaban J connectivity index is 2.57. The summed E-state index contributed by atoms with van der Waals surface area (Å²) in [4.78, 5) is 0. The number of nitrogens with one attached hydrogen (secondary N) is 1. The molecule has 0 aromatic heterocycles. The Morgan fingerprint density at radius 3 is 2.64 bits per heavy atom. The van der Waals surface area contributed by atoms with Crippen molar-refractivity contribution in [3.8, 4) is 0 Å². The van der Waals surface area contributed by atoms with Gasteiger partial charge < -0.3 is 0 Å². The molecule has 2 rings (SSSR count). The number of sulfonamides is 1. The van der Waals surface area contributed by atoms with Crippen LogP contribution in [0.4, 0.5) is 5.69 Å². The van der Waals surface area contributed by atoms with Crippen LogP contribution in [0.1, 0.15) is 5.56 Å². The first-order valence-corrected chi connectivity index (χ1v) is 4.69. The van der Waals surface area contributed by atoms with Gasteiger partial charge in [-0.25, -0.2) is 8.42 Å². The van der Waals surface area contributed by atoms with E-state index in [9.17, 15) is 8.42 Å². The second kappa shape index (κ2) is 1.98. The van der Waals surface area contributed by atoms with E-state index in [4.69, 9.17) is 0 Å². The zero-order valence-electron chi connectivity index (χ0n) is 5.61. The molecule has 1 N–H and O–H groups in total. The van der Waals surface area contributed by atoms with Crippen LogP contribution in [0.2, 0.25) is 0 Å². The van der Waals surface area contributed by atoms with Gasteiger partial charge in [-0.05, 0) is 11.6 Å². The van der Waals surface area contributed by atoms with Crippen molar-refractivity contribution in [1.29, 1.82) is 0 Å². The normalized spacial score (nSPS) is 18.9. The zero-order chi connectivity index (χ0) is 7.90. The second-order valence-electron chi connectivity index (χ2n) is 2.35. The van der Waals surface area contributed by atoms with E-state index in [1.807, 2.05) is 0 Å². The van der Waals surface area contributed by atoms with Crippen LogP contribution in [0.25, 0.3) is 0 Å². The van der Waals surface area contributed by atoms with Crippen molar-refractivity contribution in [2.75, 3.05) is 4.72 Å². The maximum absolute atomic E-state index is 10.9. The number of hydrogen-bond acceptors (Lipinski definition) is 2. The fourth-order valence-electron chi connectivity index (χ4n) is 1.04. The van der Waals surface area contributed by atoms with Gasteiger partial charge in [-0.1, -0.05) is 18.2 Å². The molecule has 0 saturated carbocycles. The highest BCUT2D eigenvalue weighted by Crippen LogP contribution is 2.27. The van der Waals surface area contributed by atoms with Gasteiger partial charge in [-0.3, -0.25) is 4.72 Å². The molecule has 0 fully saturated rings. The standard InChI is InChI=1S/C7H6NO2S/c9-11(10)5-6-3-1-2-4-7(6)8-11/h1-5,8H. The highest BCUT2D eigenvalue weighted by molar-refractivity contribution is 7.95. The first kappa shape index (κ1) is 6.67. The fourth-order valence-corrected chi connectivity index (χ4v) is 2.13. The lowest BCUT2D eigenvalue weighted by Crippen LogP contribution is -2.03. The van der Waals surface area contributed by atoms with Crippen LogP contribution < -0.4 is 4.72 Å². The van der Waals surface area contributed by atoms with Gasteiger partial charge >= 0.3 is 0 Å². The summed E-state index contributed by atoms with van der Waals surface area (Å²) in [6.07, 6.45) is 0.